The molecule has 0 saturated heterocycles. The van der Waals surface area contributed by atoms with Gasteiger partial charge in [0.1, 0.15) is 0 Å². The lowest BCUT2D eigenvalue weighted by Crippen LogP contribution is -2.30. The maximum absolute atomic E-state index is 13.3. The van der Waals surface area contributed by atoms with Crippen LogP contribution in [0.5, 0.6) is 0 Å². The second-order valence-corrected chi connectivity index (χ2v) is 10.9. The van der Waals surface area contributed by atoms with Crippen molar-refractivity contribution in [2.24, 2.45) is 0 Å². The Hall–Kier alpha value is -3.87. The van der Waals surface area contributed by atoms with Crippen molar-refractivity contribution >= 4 is 29.3 Å². The lowest BCUT2D eigenvalue weighted by Gasteiger charge is -2.20. The van der Waals surface area contributed by atoms with E-state index in [1.54, 1.807) is 0 Å². The molecule has 0 unspecified atom stereocenters. The summed E-state index contributed by atoms with van der Waals surface area (Å²) in [6.07, 6.45) is 0. The Bertz CT molecular complexity index is 1500. The molecule has 0 atom stereocenters. The summed E-state index contributed by atoms with van der Waals surface area (Å²) in [5.74, 6) is 1.10. The van der Waals surface area contributed by atoms with Crippen molar-refractivity contribution in [2.75, 3.05) is 5.75 Å². The molecule has 5 nitrogen and oxygen atoms in total. The van der Waals surface area contributed by atoms with E-state index in [4.69, 9.17) is 11.6 Å². The molecule has 7 heteroatoms. The highest BCUT2D eigenvalue weighted by atomic mass is 35.5. The Balaban J connectivity index is 1.44. The fourth-order valence-electron chi connectivity index (χ4n) is 4.53. The number of aromatic nitrogens is 3. The quantitative estimate of drug-likeness (QED) is 0.190. The molecule has 0 aliphatic rings. The molecule has 1 heterocycles. The Morgan fingerprint density at radius 3 is 2.03 bits per heavy atom. The van der Waals surface area contributed by atoms with Gasteiger partial charge < -0.3 is 5.32 Å². The number of hydrogen-bond donors (Lipinski definition) is 1. The summed E-state index contributed by atoms with van der Waals surface area (Å²) in [6.45, 7) is 4.33. The van der Waals surface area contributed by atoms with Gasteiger partial charge in [-0.1, -0.05) is 116 Å². The van der Waals surface area contributed by atoms with Crippen molar-refractivity contribution in [1.82, 2.24) is 20.1 Å². The molecule has 0 aliphatic carbocycles. The summed E-state index contributed by atoms with van der Waals surface area (Å²) in [5.41, 5.74) is 5.13. The van der Waals surface area contributed by atoms with Crippen molar-refractivity contribution in [3.63, 3.8) is 0 Å². The van der Waals surface area contributed by atoms with E-state index >= 15 is 0 Å². The molecule has 0 spiro atoms. The smallest absolute Gasteiger partial charge is 0.231 e. The summed E-state index contributed by atoms with van der Waals surface area (Å²) in [5, 5.41) is 13.6. The summed E-state index contributed by atoms with van der Waals surface area (Å²) < 4.78 is 2.04. The molecular formula is C32H29ClN4OS. The highest BCUT2D eigenvalue weighted by molar-refractivity contribution is 7.99. The van der Waals surface area contributed by atoms with E-state index < -0.39 is 0 Å². The number of carbonyl (C=O) groups excluding carboxylic acids is 1. The molecule has 0 fully saturated rings. The third-order valence-electron chi connectivity index (χ3n) is 6.44. The van der Waals surface area contributed by atoms with Crippen LogP contribution in [0.3, 0.4) is 0 Å². The largest absolute Gasteiger partial charge is 0.344 e. The molecule has 4 aromatic carbocycles. The number of carbonyl (C=O) groups is 1. The molecule has 0 saturated carbocycles. The zero-order valence-electron chi connectivity index (χ0n) is 21.8. The van der Waals surface area contributed by atoms with Gasteiger partial charge in [0.2, 0.25) is 5.91 Å². The lowest BCUT2D eigenvalue weighted by molar-refractivity contribution is -0.119. The molecule has 0 bridgehead atoms. The second-order valence-electron chi connectivity index (χ2n) is 9.47. The van der Waals surface area contributed by atoms with Crippen molar-refractivity contribution in [2.45, 2.75) is 31.0 Å². The van der Waals surface area contributed by atoms with Crippen LogP contribution in [-0.2, 0) is 4.79 Å². The minimum Gasteiger partial charge on any atom is -0.344 e. The summed E-state index contributed by atoms with van der Waals surface area (Å²) >= 11 is 7.52. The first-order valence-corrected chi connectivity index (χ1v) is 14.2. The van der Waals surface area contributed by atoms with Gasteiger partial charge in [0, 0.05) is 10.6 Å². The van der Waals surface area contributed by atoms with Crippen molar-refractivity contribution < 1.29 is 4.79 Å². The minimum atomic E-state index is -0.246. The van der Waals surface area contributed by atoms with Crippen molar-refractivity contribution in [3.8, 4) is 17.1 Å². The third-order valence-corrected chi connectivity index (χ3v) is 7.62. The first kappa shape index (κ1) is 26.7. The molecule has 5 aromatic rings. The molecular weight excluding hydrogens is 524 g/mol. The third kappa shape index (κ3) is 6.24. The Morgan fingerprint density at radius 1 is 0.821 bits per heavy atom. The molecule has 0 radical (unpaired) electrons. The van der Waals surface area contributed by atoms with Crippen LogP contribution in [0.15, 0.2) is 114 Å². The molecule has 196 valence electrons. The Morgan fingerprint density at radius 2 is 1.41 bits per heavy atom. The van der Waals surface area contributed by atoms with Crippen LogP contribution in [-0.4, -0.2) is 26.4 Å². The number of benzene rings is 4. The number of para-hydroxylation sites is 1. The normalized spacial score (nSPS) is 11.2. The van der Waals surface area contributed by atoms with Gasteiger partial charge in [-0.3, -0.25) is 9.36 Å². The van der Waals surface area contributed by atoms with Crippen LogP contribution in [0.4, 0.5) is 0 Å². The Labute approximate surface area is 238 Å². The highest BCUT2D eigenvalue weighted by Gasteiger charge is 2.22. The number of nitrogens with one attached hydrogen (secondary N) is 1. The van der Waals surface area contributed by atoms with Gasteiger partial charge in [0.15, 0.2) is 11.0 Å². The van der Waals surface area contributed by atoms with Gasteiger partial charge >= 0.3 is 0 Å². The average molecular weight is 553 g/mol. The van der Waals surface area contributed by atoms with Gasteiger partial charge in [-0.2, -0.15) is 0 Å². The molecule has 1 N–H and O–H groups in total. The highest BCUT2D eigenvalue weighted by Crippen LogP contribution is 2.33. The topological polar surface area (TPSA) is 59.8 Å². The van der Waals surface area contributed by atoms with Crippen LogP contribution in [0.1, 0.15) is 42.5 Å². The van der Waals surface area contributed by atoms with Crippen LogP contribution >= 0.6 is 23.4 Å². The van der Waals surface area contributed by atoms with Crippen LogP contribution < -0.4 is 5.32 Å². The van der Waals surface area contributed by atoms with Gasteiger partial charge in [-0.25, -0.2) is 0 Å². The van der Waals surface area contributed by atoms with E-state index in [1.165, 1.54) is 17.3 Å². The molecule has 1 amide bonds. The van der Waals surface area contributed by atoms with E-state index in [2.05, 4.69) is 41.5 Å². The SMILES string of the molecule is CC(C)c1ccccc1-n1c(SCC(=O)NC(c2ccccc2)c2ccccc2)nnc1-c1ccc(Cl)cc1. The first-order valence-electron chi connectivity index (χ1n) is 12.8. The predicted octanol–water partition coefficient (Wildman–Crippen LogP) is 7.71. The Kier molecular flexibility index (Phi) is 8.45. The summed E-state index contributed by atoms with van der Waals surface area (Å²) in [7, 11) is 0. The molecule has 1 aromatic heterocycles. The second kappa shape index (κ2) is 12.3. The van der Waals surface area contributed by atoms with Gasteiger partial charge in [0.25, 0.3) is 0 Å². The van der Waals surface area contributed by atoms with Gasteiger partial charge in [-0.05, 0) is 52.9 Å². The fraction of sp³-hybridized carbons (Fsp3) is 0.156. The van der Waals surface area contributed by atoms with Gasteiger partial charge in [-0.15, -0.1) is 10.2 Å². The predicted molar refractivity (Wildman–Crippen MR) is 159 cm³/mol. The molecule has 0 aliphatic heterocycles. The number of rotatable bonds is 9. The fourth-order valence-corrected chi connectivity index (χ4v) is 5.41. The van der Waals surface area contributed by atoms with E-state index in [-0.39, 0.29) is 17.7 Å². The van der Waals surface area contributed by atoms with Gasteiger partial charge in [0.05, 0.1) is 17.5 Å². The maximum Gasteiger partial charge on any atom is 0.231 e. The minimum absolute atomic E-state index is 0.0857. The van der Waals surface area contributed by atoms with E-state index in [0.29, 0.717) is 21.9 Å². The lowest BCUT2D eigenvalue weighted by atomic mass is 9.99. The zero-order valence-corrected chi connectivity index (χ0v) is 23.4. The van der Waals surface area contributed by atoms with Crippen molar-refractivity contribution in [1.29, 1.82) is 0 Å². The van der Waals surface area contributed by atoms with E-state index in [9.17, 15) is 4.79 Å². The zero-order chi connectivity index (χ0) is 27.2. The number of amides is 1. The van der Waals surface area contributed by atoms with E-state index in [1.807, 2.05) is 102 Å². The maximum atomic E-state index is 13.3. The number of hydrogen-bond acceptors (Lipinski definition) is 4. The average Bonchev–Trinajstić information content (AvgIpc) is 3.40. The van der Waals surface area contributed by atoms with E-state index in [0.717, 1.165) is 22.4 Å². The molecule has 5 rings (SSSR count). The standard InChI is InChI=1S/C32H29ClN4OS/c1-22(2)27-15-9-10-16-28(27)37-31(25-17-19-26(33)20-18-25)35-36-32(37)39-21-29(38)34-30(23-11-5-3-6-12-23)24-13-7-4-8-14-24/h3-20,22,30H,21H2,1-2H3,(H,34,38). The number of thioether (sulfide) groups is 1. The van der Waals surface area contributed by atoms with Crippen LogP contribution in [0.25, 0.3) is 17.1 Å². The first-order chi connectivity index (χ1) is 19.0. The van der Waals surface area contributed by atoms with Crippen molar-refractivity contribution in [3.05, 3.63) is 131 Å². The molecule has 39 heavy (non-hydrogen) atoms. The summed E-state index contributed by atoms with van der Waals surface area (Å²) in [4.78, 5) is 13.3. The number of halogens is 1. The number of nitrogens with zero attached hydrogens (tertiary/aromatic N) is 3. The monoisotopic (exact) mass is 552 g/mol. The summed E-state index contributed by atoms with van der Waals surface area (Å²) in [6, 6.07) is 35.6. The van der Waals surface area contributed by atoms with Crippen LogP contribution in [0.2, 0.25) is 5.02 Å². The van der Waals surface area contributed by atoms with Crippen LogP contribution in [0, 0.1) is 0 Å².